The largest absolute Gasteiger partial charge is 0.465 e. The van der Waals surface area contributed by atoms with Crippen LogP contribution in [0.25, 0.3) is 10.2 Å². The van der Waals surface area contributed by atoms with E-state index in [9.17, 15) is 13.6 Å². The van der Waals surface area contributed by atoms with Gasteiger partial charge in [-0.15, -0.1) is 11.3 Å². The highest BCUT2D eigenvalue weighted by molar-refractivity contribution is 7.16. The van der Waals surface area contributed by atoms with Gasteiger partial charge in [-0.25, -0.2) is 18.6 Å². The van der Waals surface area contributed by atoms with Crippen molar-refractivity contribution in [1.29, 1.82) is 0 Å². The number of methoxy groups -OCH3 is 1. The van der Waals surface area contributed by atoms with Crippen molar-refractivity contribution in [2.24, 2.45) is 0 Å². The number of nitrogens with one attached hydrogen (secondary N) is 1. The summed E-state index contributed by atoms with van der Waals surface area (Å²) in [7, 11) is 1.20. The van der Waals surface area contributed by atoms with Gasteiger partial charge in [0.2, 0.25) is 0 Å². The molecular weight excluding hydrogens is 310 g/mol. The van der Waals surface area contributed by atoms with Crippen LogP contribution in [0.3, 0.4) is 0 Å². The summed E-state index contributed by atoms with van der Waals surface area (Å²) in [5.41, 5.74) is 1.48. The van der Waals surface area contributed by atoms with Crippen molar-refractivity contribution < 1.29 is 18.3 Å². The number of nitrogens with zero attached hydrogens (tertiary/aromatic N) is 1. The molecule has 0 aliphatic heterocycles. The van der Waals surface area contributed by atoms with E-state index in [1.54, 1.807) is 6.07 Å². The van der Waals surface area contributed by atoms with Crippen LogP contribution in [0.15, 0.2) is 35.8 Å². The zero-order chi connectivity index (χ0) is 15.7. The number of ether oxygens (including phenoxy) is 1. The van der Waals surface area contributed by atoms with Crippen molar-refractivity contribution in [3.8, 4) is 0 Å². The maximum atomic E-state index is 14.6. The van der Waals surface area contributed by atoms with E-state index in [2.05, 4.69) is 15.0 Å². The van der Waals surface area contributed by atoms with Gasteiger partial charge in [0.05, 0.1) is 34.3 Å². The summed E-state index contributed by atoms with van der Waals surface area (Å²) in [5, 5.41) is 2.62. The molecule has 0 saturated heterocycles. The Morgan fingerprint density at radius 3 is 2.82 bits per heavy atom. The van der Waals surface area contributed by atoms with Gasteiger partial charge in [-0.1, -0.05) is 12.1 Å². The normalized spacial score (nSPS) is 10.7. The highest BCUT2D eigenvalue weighted by atomic mass is 32.1. The average Bonchev–Trinajstić information content (AvgIpc) is 2.99. The molecule has 112 valence electrons. The van der Waals surface area contributed by atoms with E-state index in [1.165, 1.54) is 48.2 Å². The number of aromatic nitrogens is 1. The molecule has 0 unspecified atom stereocenters. The Labute approximate surface area is 128 Å². The number of hydrogen-bond acceptors (Lipinski definition) is 5. The van der Waals surface area contributed by atoms with Crippen LogP contribution in [0.4, 0.5) is 20.2 Å². The third-order valence-electron chi connectivity index (χ3n) is 3.11. The quantitative estimate of drug-likeness (QED) is 0.738. The number of thiazole rings is 1. The predicted molar refractivity (Wildman–Crippen MR) is 80.6 cm³/mol. The van der Waals surface area contributed by atoms with Crippen molar-refractivity contribution in [3.63, 3.8) is 0 Å². The Hall–Kier alpha value is -2.54. The second kappa shape index (κ2) is 5.69. The Bertz CT molecular complexity index is 864. The number of rotatable bonds is 3. The number of halogens is 2. The summed E-state index contributed by atoms with van der Waals surface area (Å²) in [5.74, 6) is -1.99. The number of anilines is 2. The first-order valence-corrected chi connectivity index (χ1v) is 7.15. The molecule has 0 saturated carbocycles. The van der Waals surface area contributed by atoms with Crippen LogP contribution >= 0.6 is 11.3 Å². The average molecular weight is 320 g/mol. The summed E-state index contributed by atoms with van der Waals surface area (Å²) < 4.78 is 33.6. The summed E-state index contributed by atoms with van der Waals surface area (Å²) >= 11 is 1.20. The minimum atomic E-state index is -0.720. The van der Waals surface area contributed by atoms with Crippen LogP contribution in [-0.4, -0.2) is 18.1 Å². The molecule has 3 aromatic rings. The topological polar surface area (TPSA) is 51.2 Å². The molecule has 0 aliphatic carbocycles. The monoisotopic (exact) mass is 320 g/mol. The van der Waals surface area contributed by atoms with Crippen LogP contribution < -0.4 is 5.32 Å². The second-order valence-electron chi connectivity index (χ2n) is 4.41. The fourth-order valence-corrected chi connectivity index (χ4v) is 2.76. The molecule has 0 spiro atoms. The van der Waals surface area contributed by atoms with E-state index in [-0.39, 0.29) is 22.5 Å². The van der Waals surface area contributed by atoms with E-state index in [0.717, 1.165) is 0 Å². The van der Waals surface area contributed by atoms with Crippen molar-refractivity contribution in [2.75, 3.05) is 12.4 Å². The van der Waals surface area contributed by atoms with Gasteiger partial charge in [0, 0.05) is 0 Å². The minimum absolute atomic E-state index is 0.0139. The summed E-state index contributed by atoms with van der Waals surface area (Å²) in [4.78, 5) is 15.8. The van der Waals surface area contributed by atoms with Crippen molar-refractivity contribution in [3.05, 3.63) is 53.0 Å². The molecule has 1 aromatic heterocycles. The van der Waals surface area contributed by atoms with Gasteiger partial charge in [0.1, 0.15) is 11.3 Å². The standard InChI is InChI=1S/C15H10F2N2O2S/c1-21-15(20)8-6-11-14(18-7-22-11)12(17)13(8)19-10-5-3-2-4-9(10)16/h2-7,19H,1H3. The SMILES string of the molecule is COC(=O)c1cc2scnc2c(F)c1Nc1ccccc1F. The molecule has 0 amide bonds. The first-order valence-electron chi connectivity index (χ1n) is 6.27. The third-order valence-corrected chi connectivity index (χ3v) is 3.88. The fourth-order valence-electron chi connectivity index (χ4n) is 2.05. The van der Waals surface area contributed by atoms with E-state index < -0.39 is 17.6 Å². The van der Waals surface area contributed by atoms with Crippen molar-refractivity contribution >= 4 is 38.9 Å². The highest BCUT2D eigenvalue weighted by Gasteiger charge is 2.21. The van der Waals surface area contributed by atoms with Crippen LogP contribution in [0, 0.1) is 11.6 Å². The molecule has 0 atom stereocenters. The molecule has 0 bridgehead atoms. The zero-order valence-electron chi connectivity index (χ0n) is 11.4. The molecule has 1 heterocycles. The maximum absolute atomic E-state index is 14.6. The molecule has 4 nitrogen and oxygen atoms in total. The van der Waals surface area contributed by atoms with Gasteiger partial charge in [-0.3, -0.25) is 0 Å². The minimum Gasteiger partial charge on any atom is -0.465 e. The first-order chi connectivity index (χ1) is 10.6. The van der Waals surface area contributed by atoms with Gasteiger partial charge in [0.25, 0.3) is 0 Å². The predicted octanol–water partition coefficient (Wildman–Crippen LogP) is 4.10. The smallest absolute Gasteiger partial charge is 0.340 e. The van der Waals surface area contributed by atoms with Gasteiger partial charge < -0.3 is 10.1 Å². The number of esters is 1. The Morgan fingerprint density at radius 1 is 1.32 bits per heavy atom. The Morgan fingerprint density at radius 2 is 2.09 bits per heavy atom. The lowest BCUT2D eigenvalue weighted by Crippen LogP contribution is -2.08. The van der Waals surface area contributed by atoms with E-state index in [1.807, 2.05) is 0 Å². The number of para-hydroxylation sites is 1. The molecule has 0 fully saturated rings. The Kier molecular flexibility index (Phi) is 3.72. The molecule has 0 aliphatic rings. The molecule has 2 aromatic carbocycles. The first kappa shape index (κ1) is 14.4. The summed E-state index contributed by atoms with van der Waals surface area (Å²) in [6, 6.07) is 7.27. The van der Waals surface area contributed by atoms with Crippen LogP contribution in [-0.2, 0) is 4.74 Å². The lowest BCUT2D eigenvalue weighted by atomic mass is 10.1. The highest BCUT2D eigenvalue weighted by Crippen LogP contribution is 2.33. The number of fused-ring (bicyclic) bond motifs is 1. The summed E-state index contributed by atoms with van der Waals surface area (Å²) in [6.45, 7) is 0. The van der Waals surface area contributed by atoms with Gasteiger partial charge in [-0.2, -0.15) is 0 Å². The van der Waals surface area contributed by atoms with E-state index >= 15 is 0 Å². The molecular formula is C15H10F2N2O2S. The summed E-state index contributed by atoms with van der Waals surface area (Å²) in [6.07, 6.45) is 0. The van der Waals surface area contributed by atoms with Crippen LogP contribution in [0.5, 0.6) is 0 Å². The van der Waals surface area contributed by atoms with E-state index in [4.69, 9.17) is 0 Å². The fraction of sp³-hybridized carbons (Fsp3) is 0.0667. The molecule has 7 heteroatoms. The Balaban J connectivity index is 2.19. The van der Waals surface area contributed by atoms with Gasteiger partial charge >= 0.3 is 5.97 Å². The molecule has 1 N–H and O–H groups in total. The lowest BCUT2D eigenvalue weighted by molar-refractivity contribution is 0.0601. The van der Waals surface area contributed by atoms with Crippen LogP contribution in [0.2, 0.25) is 0 Å². The number of carbonyl (C=O) groups excluding carboxylic acids is 1. The molecule has 22 heavy (non-hydrogen) atoms. The third kappa shape index (κ3) is 2.39. The van der Waals surface area contributed by atoms with Crippen molar-refractivity contribution in [1.82, 2.24) is 4.98 Å². The number of carbonyl (C=O) groups is 1. The van der Waals surface area contributed by atoms with Gasteiger partial charge in [0.15, 0.2) is 5.82 Å². The van der Waals surface area contributed by atoms with Gasteiger partial charge in [-0.05, 0) is 18.2 Å². The number of benzene rings is 2. The van der Waals surface area contributed by atoms with E-state index in [0.29, 0.717) is 4.70 Å². The lowest BCUT2D eigenvalue weighted by Gasteiger charge is -2.13. The molecule has 0 radical (unpaired) electrons. The second-order valence-corrected chi connectivity index (χ2v) is 5.29. The number of hydrogen-bond donors (Lipinski definition) is 1. The van der Waals surface area contributed by atoms with Crippen LogP contribution in [0.1, 0.15) is 10.4 Å². The maximum Gasteiger partial charge on any atom is 0.340 e. The zero-order valence-corrected chi connectivity index (χ0v) is 12.2. The van der Waals surface area contributed by atoms with Crippen molar-refractivity contribution in [2.45, 2.75) is 0 Å². The molecule has 3 rings (SSSR count).